The second-order valence-electron chi connectivity index (χ2n) is 8.32. The molecule has 4 rings (SSSR count). The minimum atomic E-state index is -1.19. The number of hydrogen-bond acceptors (Lipinski definition) is 2. The Morgan fingerprint density at radius 1 is 1.00 bits per heavy atom. The molecule has 0 bridgehead atoms. The Kier molecular flexibility index (Phi) is 6.76. The summed E-state index contributed by atoms with van der Waals surface area (Å²) < 4.78 is 56.9. The van der Waals surface area contributed by atoms with E-state index in [1.54, 1.807) is 18.2 Å². The first-order valence-electron chi connectivity index (χ1n) is 10.3. The highest BCUT2D eigenvalue weighted by Crippen LogP contribution is 2.30. The molecule has 1 aliphatic rings. The molecule has 1 amide bonds. The quantitative estimate of drug-likeness (QED) is 0.325. The van der Waals surface area contributed by atoms with Crippen molar-refractivity contribution in [2.75, 3.05) is 13.1 Å². The van der Waals surface area contributed by atoms with Crippen LogP contribution in [0.2, 0.25) is 0 Å². The SMILES string of the molecule is O=C(c1ccc(F)c(F)c1Cc1ccc(I)cc1F)N1CC(O)(CCc2cccc(F)c2)C1. The van der Waals surface area contributed by atoms with Gasteiger partial charge in [-0.25, -0.2) is 17.6 Å². The summed E-state index contributed by atoms with van der Waals surface area (Å²) in [6, 6.07) is 12.5. The van der Waals surface area contributed by atoms with E-state index in [0.717, 1.165) is 11.6 Å². The third kappa shape index (κ3) is 5.22. The number of likely N-dealkylation sites (tertiary alicyclic amines) is 1. The molecule has 0 atom stereocenters. The van der Waals surface area contributed by atoms with Crippen LogP contribution >= 0.6 is 22.6 Å². The van der Waals surface area contributed by atoms with Gasteiger partial charge in [-0.2, -0.15) is 0 Å². The number of aryl methyl sites for hydroxylation is 1. The van der Waals surface area contributed by atoms with Gasteiger partial charge in [0, 0.05) is 21.1 Å². The Labute approximate surface area is 202 Å². The highest BCUT2D eigenvalue weighted by Gasteiger charge is 2.44. The third-order valence-electron chi connectivity index (χ3n) is 5.83. The molecule has 3 nitrogen and oxygen atoms in total. The van der Waals surface area contributed by atoms with Gasteiger partial charge in [-0.3, -0.25) is 4.79 Å². The van der Waals surface area contributed by atoms with Gasteiger partial charge in [-0.15, -0.1) is 0 Å². The van der Waals surface area contributed by atoms with Crippen molar-refractivity contribution < 1.29 is 27.5 Å². The summed E-state index contributed by atoms with van der Waals surface area (Å²) in [6.07, 6.45) is 0.461. The molecule has 172 valence electrons. The fourth-order valence-electron chi connectivity index (χ4n) is 4.03. The summed E-state index contributed by atoms with van der Waals surface area (Å²) >= 11 is 1.94. The van der Waals surface area contributed by atoms with Crippen LogP contribution in [0.1, 0.15) is 33.5 Å². The molecule has 1 aliphatic heterocycles. The number of rotatable bonds is 6. The van der Waals surface area contributed by atoms with Gasteiger partial charge >= 0.3 is 0 Å². The number of benzene rings is 3. The van der Waals surface area contributed by atoms with E-state index >= 15 is 0 Å². The van der Waals surface area contributed by atoms with Crippen molar-refractivity contribution in [1.82, 2.24) is 4.90 Å². The molecule has 0 saturated carbocycles. The zero-order valence-corrected chi connectivity index (χ0v) is 19.6. The molecule has 0 spiro atoms. The highest BCUT2D eigenvalue weighted by molar-refractivity contribution is 14.1. The second-order valence-corrected chi connectivity index (χ2v) is 9.56. The maximum absolute atomic E-state index is 14.6. The van der Waals surface area contributed by atoms with Gasteiger partial charge in [0.1, 0.15) is 17.2 Å². The van der Waals surface area contributed by atoms with Crippen molar-refractivity contribution in [3.05, 3.63) is 104 Å². The number of β-amino-alcohol motifs (C(OH)–C–C–N with tert-alkyl or cyclic N) is 1. The Hall–Kier alpha value is -2.46. The van der Waals surface area contributed by atoms with Gasteiger partial charge in [-0.1, -0.05) is 18.2 Å². The van der Waals surface area contributed by atoms with Crippen molar-refractivity contribution in [1.29, 1.82) is 0 Å². The molecule has 0 unspecified atom stereocenters. The van der Waals surface area contributed by atoms with Crippen LogP contribution in [0.15, 0.2) is 54.6 Å². The highest BCUT2D eigenvalue weighted by atomic mass is 127. The minimum Gasteiger partial charge on any atom is -0.386 e. The van der Waals surface area contributed by atoms with E-state index in [-0.39, 0.29) is 42.0 Å². The molecular formula is C25H20F4INO2. The fraction of sp³-hybridized carbons (Fsp3) is 0.240. The van der Waals surface area contributed by atoms with Crippen LogP contribution in [0, 0.1) is 26.8 Å². The van der Waals surface area contributed by atoms with Crippen LogP contribution in [-0.2, 0) is 12.8 Å². The van der Waals surface area contributed by atoms with Gasteiger partial charge < -0.3 is 10.0 Å². The molecule has 8 heteroatoms. The van der Waals surface area contributed by atoms with Crippen molar-refractivity contribution in [3.8, 4) is 0 Å². The van der Waals surface area contributed by atoms with E-state index in [1.165, 1.54) is 35.2 Å². The second kappa shape index (κ2) is 9.42. The smallest absolute Gasteiger partial charge is 0.254 e. The Balaban J connectivity index is 1.49. The molecule has 0 aliphatic carbocycles. The Morgan fingerprint density at radius 3 is 2.45 bits per heavy atom. The number of aliphatic hydroxyl groups is 1. The monoisotopic (exact) mass is 569 g/mol. The molecular weight excluding hydrogens is 549 g/mol. The van der Waals surface area contributed by atoms with Gasteiger partial charge in [0.05, 0.1) is 13.1 Å². The summed E-state index contributed by atoms with van der Waals surface area (Å²) in [7, 11) is 0. The third-order valence-corrected chi connectivity index (χ3v) is 6.51. The van der Waals surface area contributed by atoms with Crippen LogP contribution in [0.4, 0.5) is 17.6 Å². The number of carbonyl (C=O) groups is 1. The van der Waals surface area contributed by atoms with Crippen molar-refractivity contribution >= 4 is 28.5 Å². The normalized spacial score (nSPS) is 14.8. The first-order valence-corrected chi connectivity index (χ1v) is 11.4. The predicted molar refractivity (Wildman–Crippen MR) is 124 cm³/mol. The molecule has 0 radical (unpaired) electrons. The minimum absolute atomic E-state index is 0.0114. The summed E-state index contributed by atoms with van der Waals surface area (Å²) in [4.78, 5) is 14.4. The van der Waals surface area contributed by atoms with E-state index in [1.807, 2.05) is 22.6 Å². The van der Waals surface area contributed by atoms with Gasteiger partial charge in [-0.05, 0) is 83.0 Å². The van der Waals surface area contributed by atoms with Gasteiger partial charge in [0.15, 0.2) is 11.6 Å². The molecule has 33 heavy (non-hydrogen) atoms. The van der Waals surface area contributed by atoms with E-state index < -0.39 is 29.0 Å². The predicted octanol–water partition coefficient (Wildman–Crippen LogP) is 5.26. The number of nitrogens with zero attached hydrogens (tertiary/aromatic N) is 1. The lowest BCUT2D eigenvalue weighted by atomic mass is 9.86. The maximum Gasteiger partial charge on any atom is 0.254 e. The van der Waals surface area contributed by atoms with E-state index in [2.05, 4.69) is 0 Å². The summed E-state index contributed by atoms with van der Waals surface area (Å²) in [6.45, 7) is 0.0228. The lowest BCUT2D eigenvalue weighted by Gasteiger charge is -2.46. The molecule has 3 aromatic rings. The summed E-state index contributed by atoms with van der Waals surface area (Å²) in [5.74, 6) is -3.81. The summed E-state index contributed by atoms with van der Waals surface area (Å²) in [5.41, 5.74) is -0.572. The lowest BCUT2D eigenvalue weighted by molar-refractivity contribution is -0.0854. The number of carbonyl (C=O) groups excluding carboxylic acids is 1. The fourth-order valence-corrected chi connectivity index (χ4v) is 4.48. The van der Waals surface area contributed by atoms with Crippen LogP contribution in [0.3, 0.4) is 0 Å². The molecule has 3 aromatic carbocycles. The molecule has 1 saturated heterocycles. The zero-order valence-electron chi connectivity index (χ0n) is 17.4. The van der Waals surface area contributed by atoms with Crippen LogP contribution in [0.25, 0.3) is 0 Å². The average molecular weight is 569 g/mol. The van der Waals surface area contributed by atoms with Crippen molar-refractivity contribution in [2.24, 2.45) is 0 Å². The van der Waals surface area contributed by atoms with E-state index in [9.17, 15) is 27.5 Å². The van der Waals surface area contributed by atoms with Gasteiger partial charge in [0.25, 0.3) is 5.91 Å². The van der Waals surface area contributed by atoms with E-state index in [4.69, 9.17) is 0 Å². The summed E-state index contributed by atoms with van der Waals surface area (Å²) in [5, 5.41) is 10.7. The zero-order chi connectivity index (χ0) is 23.8. The molecule has 1 heterocycles. The molecule has 1 fully saturated rings. The topological polar surface area (TPSA) is 40.5 Å². The Morgan fingerprint density at radius 2 is 1.76 bits per heavy atom. The van der Waals surface area contributed by atoms with E-state index in [0.29, 0.717) is 16.4 Å². The van der Waals surface area contributed by atoms with Crippen LogP contribution in [0.5, 0.6) is 0 Å². The van der Waals surface area contributed by atoms with Crippen LogP contribution < -0.4 is 0 Å². The first kappa shape index (κ1) is 23.7. The lowest BCUT2D eigenvalue weighted by Crippen LogP contribution is -2.63. The maximum atomic E-state index is 14.6. The number of hydrogen-bond donors (Lipinski definition) is 1. The van der Waals surface area contributed by atoms with Crippen LogP contribution in [-0.4, -0.2) is 34.6 Å². The average Bonchev–Trinajstić information content (AvgIpc) is 2.75. The largest absolute Gasteiger partial charge is 0.386 e. The van der Waals surface area contributed by atoms with Gasteiger partial charge in [0.2, 0.25) is 0 Å². The van der Waals surface area contributed by atoms with Crippen molar-refractivity contribution in [2.45, 2.75) is 24.9 Å². The standard InChI is InChI=1S/C25H20F4INO2/c26-17-3-1-2-15(10-17)8-9-25(33)13-31(14-25)24(32)19-6-7-21(27)23(29)20(19)11-16-4-5-18(30)12-22(16)28/h1-7,10,12,33H,8-9,11,13-14H2. The molecule has 0 aromatic heterocycles. The van der Waals surface area contributed by atoms with Crippen molar-refractivity contribution in [3.63, 3.8) is 0 Å². The molecule has 1 N–H and O–H groups in total. The number of halogens is 5. The first-order chi connectivity index (χ1) is 15.6. The number of amides is 1. The Bertz CT molecular complexity index is 1210.